The zero-order valence-corrected chi connectivity index (χ0v) is 10.8. The van der Waals surface area contributed by atoms with Gasteiger partial charge in [-0.15, -0.1) is 0 Å². The Morgan fingerprint density at radius 1 is 1.25 bits per heavy atom. The molecule has 0 bridgehead atoms. The summed E-state index contributed by atoms with van der Waals surface area (Å²) in [5, 5.41) is 3.20. The van der Waals surface area contributed by atoms with Crippen LogP contribution in [0.3, 0.4) is 0 Å². The van der Waals surface area contributed by atoms with Crippen LogP contribution in [0.5, 0.6) is 0 Å². The van der Waals surface area contributed by atoms with Gasteiger partial charge in [-0.1, -0.05) is 32.6 Å². The van der Waals surface area contributed by atoms with Gasteiger partial charge in [0.2, 0.25) is 5.91 Å². The number of nitrogens with one attached hydrogen (secondary N) is 1. The summed E-state index contributed by atoms with van der Waals surface area (Å²) < 4.78 is 0. The van der Waals surface area contributed by atoms with Gasteiger partial charge in [0.15, 0.2) is 0 Å². The van der Waals surface area contributed by atoms with E-state index in [4.69, 9.17) is 0 Å². The van der Waals surface area contributed by atoms with Crippen LogP contribution in [-0.2, 0) is 4.79 Å². The maximum atomic E-state index is 11.9. The molecule has 0 aliphatic heterocycles. The third kappa shape index (κ3) is 4.52. The Kier molecular flexibility index (Phi) is 6.46. The molecule has 3 heteroatoms. The highest BCUT2D eigenvalue weighted by atomic mass is 16.2. The van der Waals surface area contributed by atoms with E-state index < -0.39 is 0 Å². The van der Waals surface area contributed by atoms with Gasteiger partial charge in [-0.3, -0.25) is 4.79 Å². The number of nitrogens with zero attached hydrogens (tertiary/aromatic N) is 1. The fourth-order valence-corrected chi connectivity index (χ4v) is 2.40. The van der Waals surface area contributed by atoms with E-state index in [0.717, 1.165) is 13.1 Å². The SMILES string of the molecule is CCNCCC(=O)N(C)C1CCCCCC1. The van der Waals surface area contributed by atoms with Crippen molar-refractivity contribution in [2.45, 2.75) is 57.9 Å². The molecule has 1 aliphatic rings. The largest absolute Gasteiger partial charge is 0.343 e. The van der Waals surface area contributed by atoms with Crippen molar-refractivity contribution in [3.05, 3.63) is 0 Å². The zero-order valence-electron chi connectivity index (χ0n) is 10.8. The predicted molar refractivity (Wildman–Crippen MR) is 67.4 cm³/mol. The Labute approximate surface area is 99.6 Å². The molecule has 16 heavy (non-hydrogen) atoms. The van der Waals surface area contributed by atoms with E-state index in [1.165, 1.54) is 38.5 Å². The number of carbonyl (C=O) groups is 1. The normalized spacial score (nSPS) is 18.1. The first-order valence-corrected chi connectivity index (χ1v) is 6.72. The molecule has 3 nitrogen and oxygen atoms in total. The van der Waals surface area contributed by atoms with Crippen LogP contribution in [0.2, 0.25) is 0 Å². The number of carbonyl (C=O) groups excluding carboxylic acids is 1. The topological polar surface area (TPSA) is 32.3 Å². The number of amides is 1. The van der Waals surface area contributed by atoms with Crippen LogP contribution in [0.15, 0.2) is 0 Å². The van der Waals surface area contributed by atoms with E-state index in [2.05, 4.69) is 12.2 Å². The molecule has 0 atom stereocenters. The van der Waals surface area contributed by atoms with Gasteiger partial charge in [0, 0.05) is 26.1 Å². The maximum Gasteiger partial charge on any atom is 0.223 e. The van der Waals surface area contributed by atoms with E-state index in [-0.39, 0.29) is 0 Å². The van der Waals surface area contributed by atoms with Gasteiger partial charge < -0.3 is 10.2 Å². The Morgan fingerprint density at radius 2 is 1.88 bits per heavy atom. The number of hydrogen-bond donors (Lipinski definition) is 1. The predicted octanol–water partition coefficient (Wildman–Crippen LogP) is 2.17. The van der Waals surface area contributed by atoms with Crippen LogP contribution < -0.4 is 5.32 Å². The van der Waals surface area contributed by atoms with E-state index in [1.54, 1.807) is 0 Å². The Balaban J connectivity index is 2.30. The molecule has 0 aromatic carbocycles. The maximum absolute atomic E-state index is 11.9. The first-order valence-electron chi connectivity index (χ1n) is 6.72. The monoisotopic (exact) mass is 226 g/mol. The molecule has 0 radical (unpaired) electrons. The molecule has 1 N–H and O–H groups in total. The lowest BCUT2D eigenvalue weighted by Crippen LogP contribution is -2.38. The van der Waals surface area contributed by atoms with Crippen molar-refractivity contribution in [2.24, 2.45) is 0 Å². The molecule has 0 aromatic heterocycles. The van der Waals surface area contributed by atoms with Crippen LogP contribution >= 0.6 is 0 Å². The molecule has 0 heterocycles. The molecule has 1 fully saturated rings. The number of hydrogen-bond acceptors (Lipinski definition) is 2. The fourth-order valence-electron chi connectivity index (χ4n) is 2.40. The van der Waals surface area contributed by atoms with Crippen molar-refractivity contribution in [1.82, 2.24) is 10.2 Å². The zero-order chi connectivity index (χ0) is 11.8. The van der Waals surface area contributed by atoms with Crippen molar-refractivity contribution in [2.75, 3.05) is 20.1 Å². The van der Waals surface area contributed by atoms with Gasteiger partial charge in [-0.25, -0.2) is 0 Å². The van der Waals surface area contributed by atoms with Crippen molar-refractivity contribution in [1.29, 1.82) is 0 Å². The average molecular weight is 226 g/mol. The summed E-state index contributed by atoms with van der Waals surface area (Å²) in [6.45, 7) is 3.83. The van der Waals surface area contributed by atoms with Gasteiger partial charge in [0.25, 0.3) is 0 Å². The van der Waals surface area contributed by atoms with Crippen LogP contribution in [0, 0.1) is 0 Å². The van der Waals surface area contributed by atoms with E-state index in [1.807, 2.05) is 11.9 Å². The number of rotatable bonds is 5. The lowest BCUT2D eigenvalue weighted by atomic mass is 10.1. The van der Waals surface area contributed by atoms with Crippen LogP contribution in [0.1, 0.15) is 51.9 Å². The summed E-state index contributed by atoms with van der Waals surface area (Å²) in [6.07, 6.45) is 8.30. The van der Waals surface area contributed by atoms with Crippen molar-refractivity contribution < 1.29 is 4.79 Å². The highest BCUT2D eigenvalue weighted by Gasteiger charge is 2.20. The smallest absolute Gasteiger partial charge is 0.223 e. The summed E-state index contributed by atoms with van der Waals surface area (Å²) >= 11 is 0. The van der Waals surface area contributed by atoms with Crippen LogP contribution in [-0.4, -0.2) is 37.0 Å². The molecular formula is C13H26N2O. The summed E-state index contributed by atoms with van der Waals surface area (Å²) in [5.41, 5.74) is 0. The lowest BCUT2D eigenvalue weighted by Gasteiger charge is -2.27. The second-order valence-corrected chi connectivity index (χ2v) is 4.75. The third-order valence-electron chi connectivity index (χ3n) is 3.53. The quantitative estimate of drug-likeness (QED) is 0.575. The van der Waals surface area contributed by atoms with Crippen molar-refractivity contribution >= 4 is 5.91 Å². The summed E-state index contributed by atoms with van der Waals surface area (Å²) in [4.78, 5) is 13.9. The molecule has 0 spiro atoms. The minimum absolute atomic E-state index is 0.299. The average Bonchev–Trinajstić information content (AvgIpc) is 2.56. The Hall–Kier alpha value is -0.570. The van der Waals surface area contributed by atoms with Gasteiger partial charge in [0.1, 0.15) is 0 Å². The second-order valence-electron chi connectivity index (χ2n) is 4.75. The van der Waals surface area contributed by atoms with E-state index in [9.17, 15) is 4.79 Å². The summed E-state index contributed by atoms with van der Waals surface area (Å²) in [6, 6.07) is 0.497. The van der Waals surface area contributed by atoms with Crippen molar-refractivity contribution in [3.63, 3.8) is 0 Å². The van der Waals surface area contributed by atoms with Gasteiger partial charge >= 0.3 is 0 Å². The summed E-state index contributed by atoms with van der Waals surface area (Å²) in [5.74, 6) is 0.299. The molecule has 1 rings (SSSR count). The Morgan fingerprint density at radius 3 is 2.44 bits per heavy atom. The first kappa shape index (κ1) is 13.5. The molecule has 0 unspecified atom stereocenters. The second kappa shape index (κ2) is 7.66. The molecule has 0 aromatic rings. The van der Waals surface area contributed by atoms with Crippen molar-refractivity contribution in [3.8, 4) is 0 Å². The van der Waals surface area contributed by atoms with E-state index >= 15 is 0 Å². The molecule has 1 aliphatic carbocycles. The van der Waals surface area contributed by atoms with Gasteiger partial charge in [-0.2, -0.15) is 0 Å². The standard InChI is InChI=1S/C13H26N2O/c1-3-14-11-10-13(16)15(2)12-8-6-4-5-7-9-12/h12,14H,3-11H2,1-2H3. The minimum Gasteiger partial charge on any atom is -0.343 e. The molecule has 1 amide bonds. The fraction of sp³-hybridized carbons (Fsp3) is 0.923. The van der Waals surface area contributed by atoms with E-state index in [0.29, 0.717) is 18.4 Å². The van der Waals surface area contributed by atoms with Crippen LogP contribution in [0.4, 0.5) is 0 Å². The first-order chi connectivity index (χ1) is 7.75. The van der Waals surface area contributed by atoms with Gasteiger partial charge in [-0.05, 0) is 19.4 Å². The van der Waals surface area contributed by atoms with Crippen LogP contribution in [0.25, 0.3) is 0 Å². The Bertz CT molecular complexity index is 198. The third-order valence-corrected chi connectivity index (χ3v) is 3.53. The highest BCUT2D eigenvalue weighted by molar-refractivity contribution is 5.76. The molecule has 94 valence electrons. The molecule has 0 saturated heterocycles. The molecular weight excluding hydrogens is 200 g/mol. The van der Waals surface area contributed by atoms with Gasteiger partial charge in [0.05, 0.1) is 0 Å². The minimum atomic E-state index is 0.299. The lowest BCUT2D eigenvalue weighted by molar-refractivity contribution is -0.132. The highest BCUT2D eigenvalue weighted by Crippen LogP contribution is 2.21. The summed E-state index contributed by atoms with van der Waals surface area (Å²) in [7, 11) is 1.98. The molecule has 1 saturated carbocycles.